The van der Waals surface area contributed by atoms with Gasteiger partial charge in [-0.1, -0.05) is 30.3 Å². The minimum Gasteiger partial charge on any atom is -0.380 e. The lowest BCUT2D eigenvalue weighted by Crippen LogP contribution is -2.64. The number of ether oxygens (including phenoxy) is 1. The monoisotopic (exact) mass is 324 g/mol. The molecule has 2 fully saturated rings. The summed E-state index contributed by atoms with van der Waals surface area (Å²) in [6.45, 7) is 0.967. The zero-order valence-corrected chi connectivity index (χ0v) is 12.9. The number of rotatable bonds is 3. The largest absolute Gasteiger partial charge is 0.380 e. The van der Waals surface area contributed by atoms with Crippen molar-refractivity contribution in [3.63, 3.8) is 0 Å². The van der Waals surface area contributed by atoms with E-state index in [-0.39, 0.29) is 17.6 Å². The molecule has 2 aromatic carbocycles. The molecule has 0 radical (unpaired) electrons. The lowest BCUT2D eigenvalue weighted by atomic mass is 9.67. The molecule has 6 heteroatoms. The van der Waals surface area contributed by atoms with E-state index in [1.165, 1.54) is 12.1 Å². The molecule has 0 saturated carbocycles. The standard InChI is InChI=1S/C18H16N2O4/c21-17-18(10-11-24-12-18)16(19(17)14-4-2-1-3-5-14)13-6-8-15(9-7-13)20(22)23/h1-9,16H,10-12H2/t16-,18+/m1/s1. The molecule has 2 atom stereocenters. The third kappa shape index (κ3) is 2.03. The summed E-state index contributed by atoms with van der Waals surface area (Å²) in [6, 6.07) is 15.8. The van der Waals surface area contributed by atoms with Crippen molar-refractivity contribution in [2.24, 2.45) is 5.41 Å². The number of hydrogen-bond acceptors (Lipinski definition) is 4. The predicted octanol–water partition coefficient (Wildman–Crippen LogP) is 3.09. The number of benzene rings is 2. The first kappa shape index (κ1) is 14.8. The molecule has 0 bridgehead atoms. The maximum atomic E-state index is 12.9. The quantitative estimate of drug-likeness (QED) is 0.494. The molecule has 0 aromatic heterocycles. The van der Waals surface area contributed by atoms with Crippen LogP contribution < -0.4 is 4.90 Å². The Hall–Kier alpha value is -2.73. The van der Waals surface area contributed by atoms with Crippen LogP contribution in [0, 0.1) is 15.5 Å². The third-order valence-electron chi connectivity index (χ3n) is 4.93. The Bertz CT molecular complexity index is 782. The van der Waals surface area contributed by atoms with Crippen LogP contribution in [0.25, 0.3) is 0 Å². The van der Waals surface area contributed by atoms with E-state index in [9.17, 15) is 14.9 Å². The Morgan fingerprint density at radius 1 is 1.12 bits per heavy atom. The van der Waals surface area contributed by atoms with Crippen LogP contribution in [-0.4, -0.2) is 24.0 Å². The number of amides is 1. The number of para-hydroxylation sites is 1. The molecule has 6 nitrogen and oxygen atoms in total. The van der Waals surface area contributed by atoms with Crippen molar-refractivity contribution in [1.29, 1.82) is 0 Å². The number of hydrogen-bond donors (Lipinski definition) is 0. The molecule has 4 rings (SSSR count). The zero-order chi connectivity index (χ0) is 16.7. The Kier molecular flexibility index (Phi) is 3.35. The Morgan fingerprint density at radius 2 is 1.83 bits per heavy atom. The van der Waals surface area contributed by atoms with E-state index in [1.807, 2.05) is 30.3 Å². The Morgan fingerprint density at radius 3 is 2.42 bits per heavy atom. The van der Waals surface area contributed by atoms with E-state index in [2.05, 4.69) is 0 Å². The first-order valence-electron chi connectivity index (χ1n) is 7.84. The normalized spacial score (nSPS) is 25.8. The van der Waals surface area contributed by atoms with E-state index >= 15 is 0 Å². The van der Waals surface area contributed by atoms with E-state index in [1.54, 1.807) is 17.0 Å². The molecule has 2 aliphatic heterocycles. The first-order valence-corrected chi connectivity index (χ1v) is 7.84. The van der Waals surface area contributed by atoms with Crippen molar-refractivity contribution in [3.8, 4) is 0 Å². The molecule has 0 unspecified atom stereocenters. The molecular weight excluding hydrogens is 308 g/mol. The SMILES string of the molecule is O=C1N(c2ccccc2)[C@H](c2ccc([N+](=O)[O-])cc2)[C@@]12CCOC2. The van der Waals surface area contributed by atoms with Crippen LogP contribution in [0.4, 0.5) is 11.4 Å². The highest BCUT2D eigenvalue weighted by molar-refractivity contribution is 6.06. The summed E-state index contributed by atoms with van der Waals surface area (Å²) in [7, 11) is 0. The number of anilines is 1. The summed E-state index contributed by atoms with van der Waals surface area (Å²) in [5.74, 6) is 0.0644. The fourth-order valence-electron chi connectivity index (χ4n) is 3.72. The van der Waals surface area contributed by atoms with Crippen molar-refractivity contribution < 1.29 is 14.5 Å². The lowest BCUT2D eigenvalue weighted by Gasteiger charge is -2.54. The van der Waals surface area contributed by atoms with Crippen molar-refractivity contribution >= 4 is 17.3 Å². The van der Waals surface area contributed by atoms with Crippen LogP contribution in [0.15, 0.2) is 54.6 Å². The topological polar surface area (TPSA) is 72.7 Å². The lowest BCUT2D eigenvalue weighted by molar-refractivity contribution is -0.384. The number of carbonyl (C=O) groups is 1. The highest BCUT2D eigenvalue weighted by Crippen LogP contribution is 2.56. The van der Waals surface area contributed by atoms with E-state index in [0.29, 0.717) is 19.6 Å². The Labute approximate surface area is 138 Å². The molecule has 0 N–H and O–H groups in total. The van der Waals surface area contributed by atoms with Crippen LogP contribution in [0.2, 0.25) is 0 Å². The summed E-state index contributed by atoms with van der Waals surface area (Å²) < 4.78 is 5.51. The smallest absolute Gasteiger partial charge is 0.269 e. The molecule has 2 aromatic rings. The first-order chi connectivity index (χ1) is 11.6. The van der Waals surface area contributed by atoms with E-state index < -0.39 is 10.3 Å². The molecule has 24 heavy (non-hydrogen) atoms. The number of non-ortho nitro benzene ring substituents is 1. The minimum absolute atomic E-state index is 0.0485. The zero-order valence-electron chi connectivity index (χ0n) is 12.9. The van der Waals surface area contributed by atoms with Gasteiger partial charge in [-0.3, -0.25) is 14.9 Å². The van der Waals surface area contributed by atoms with Gasteiger partial charge in [0.25, 0.3) is 5.69 Å². The average Bonchev–Trinajstić information content (AvgIpc) is 3.12. The van der Waals surface area contributed by atoms with Gasteiger partial charge in [-0.25, -0.2) is 0 Å². The van der Waals surface area contributed by atoms with Gasteiger partial charge in [-0.05, 0) is 24.1 Å². The number of β-lactam (4-membered cyclic amide) rings is 1. The highest BCUT2D eigenvalue weighted by Gasteiger charge is 2.63. The fraction of sp³-hybridized carbons (Fsp3) is 0.278. The highest BCUT2D eigenvalue weighted by atomic mass is 16.6. The van der Waals surface area contributed by atoms with Crippen molar-refractivity contribution in [2.45, 2.75) is 12.5 Å². The molecule has 1 spiro atoms. The van der Waals surface area contributed by atoms with Gasteiger partial charge >= 0.3 is 0 Å². The predicted molar refractivity (Wildman–Crippen MR) is 87.6 cm³/mol. The van der Waals surface area contributed by atoms with Gasteiger partial charge in [-0.15, -0.1) is 0 Å². The second kappa shape index (κ2) is 5.42. The van der Waals surface area contributed by atoms with Crippen molar-refractivity contribution in [2.75, 3.05) is 18.1 Å². The molecular formula is C18H16N2O4. The van der Waals surface area contributed by atoms with Gasteiger partial charge < -0.3 is 9.64 Å². The number of nitro groups is 1. The number of nitro benzene ring substituents is 1. The molecule has 0 aliphatic carbocycles. The van der Waals surface area contributed by atoms with Crippen LogP contribution in [0.5, 0.6) is 0 Å². The maximum absolute atomic E-state index is 12.9. The van der Waals surface area contributed by atoms with Gasteiger partial charge in [-0.2, -0.15) is 0 Å². The summed E-state index contributed by atoms with van der Waals surface area (Å²) in [5.41, 5.74) is 1.23. The molecule has 2 saturated heterocycles. The number of nitrogens with zero attached hydrogens (tertiary/aromatic N) is 2. The second-order valence-electron chi connectivity index (χ2n) is 6.22. The van der Waals surface area contributed by atoms with Gasteiger partial charge in [0, 0.05) is 24.4 Å². The van der Waals surface area contributed by atoms with Crippen LogP contribution in [0.1, 0.15) is 18.0 Å². The number of carbonyl (C=O) groups excluding carboxylic acids is 1. The fourth-order valence-corrected chi connectivity index (χ4v) is 3.72. The second-order valence-corrected chi connectivity index (χ2v) is 6.22. The molecule has 2 aliphatic rings. The summed E-state index contributed by atoms with van der Waals surface area (Å²) in [5, 5.41) is 10.9. The van der Waals surface area contributed by atoms with Crippen molar-refractivity contribution in [1.82, 2.24) is 0 Å². The summed E-state index contributed by atoms with van der Waals surface area (Å²) in [4.78, 5) is 25.1. The summed E-state index contributed by atoms with van der Waals surface area (Å²) in [6.07, 6.45) is 0.677. The van der Waals surface area contributed by atoms with Gasteiger partial charge in [0.1, 0.15) is 5.41 Å². The van der Waals surface area contributed by atoms with E-state index in [4.69, 9.17) is 4.74 Å². The minimum atomic E-state index is -0.550. The van der Waals surface area contributed by atoms with Crippen molar-refractivity contribution in [3.05, 3.63) is 70.3 Å². The average molecular weight is 324 g/mol. The maximum Gasteiger partial charge on any atom is 0.269 e. The third-order valence-corrected chi connectivity index (χ3v) is 4.93. The molecule has 2 heterocycles. The van der Waals surface area contributed by atoms with Crippen LogP contribution in [0.3, 0.4) is 0 Å². The van der Waals surface area contributed by atoms with Crippen LogP contribution in [-0.2, 0) is 9.53 Å². The van der Waals surface area contributed by atoms with Crippen LogP contribution >= 0.6 is 0 Å². The molecule has 1 amide bonds. The Balaban J connectivity index is 1.75. The van der Waals surface area contributed by atoms with Gasteiger partial charge in [0.15, 0.2) is 0 Å². The summed E-state index contributed by atoms with van der Waals surface area (Å²) >= 11 is 0. The van der Waals surface area contributed by atoms with Gasteiger partial charge in [0.05, 0.1) is 17.6 Å². The van der Waals surface area contributed by atoms with Gasteiger partial charge in [0.2, 0.25) is 5.91 Å². The molecule has 122 valence electrons. The van der Waals surface area contributed by atoms with E-state index in [0.717, 1.165) is 11.3 Å².